The first-order chi connectivity index (χ1) is 8.25. The van der Waals surface area contributed by atoms with Gasteiger partial charge >= 0.3 is 0 Å². The van der Waals surface area contributed by atoms with Gasteiger partial charge in [0.25, 0.3) is 0 Å². The molecule has 2 heterocycles. The molecule has 1 aromatic carbocycles. The van der Waals surface area contributed by atoms with E-state index in [-0.39, 0.29) is 5.82 Å². The Morgan fingerprint density at radius 1 is 1.41 bits per heavy atom. The third kappa shape index (κ3) is 1.69. The maximum absolute atomic E-state index is 13.2. The van der Waals surface area contributed by atoms with Gasteiger partial charge in [-0.1, -0.05) is 6.07 Å². The van der Waals surface area contributed by atoms with E-state index in [1.54, 1.807) is 6.07 Å². The SMILES string of the molecule is Cc1nn(-c2cccc(F)c2)c2c1NCCC2. The van der Waals surface area contributed by atoms with Crippen LogP contribution >= 0.6 is 0 Å². The van der Waals surface area contributed by atoms with Crippen LogP contribution in [0.3, 0.4) is 0 Å². The van der Waals surface area contributed by atoms with E-state index in [0.717, 1.165) is 42.1 Å². The van der Waals surface area contributed by atoms with Crippen molar-refractivity contribution in [3.05, 3.63) is 41.5 Å². The molecular weight excluding hydrogens is 217 g/mol. The van der Waals surface area contributed by atoms with Crippen LogP contribution in [0.25, 0.3) is 5.69 Å². The fourth-order valence-electron chi connectivity index (χ4n) is 2.33. The second-order valence-electron chi connectivity index (χ2n) is 4.33. The predicted molar refractivity (Wildman–Crippen MR) is 65.1 cm³/mol. The number of hydrogen-bond donors (Lipinski definition) is 1. The van der Waals surface area contributed by atoms with E-state index in [0.29, 0.717) is 0 Å². The monoisotopic (exact) mass is 231 g/mol. The van der Waals surface area contributed by atoms with E-state index in [4.69, 9.17) is 0 Å². The molecule has 0 atom stereocenters. The summed E-state index contributed by atoms with van der Waals surface area (Å²) in [5, 5.41) is 7.85. The highest BCUT2D eigenvalue weighted by Gasteiger charge is 2.19. The Kier molecular flexibility index (Phi) is 2.35. The first kappa shape index (κ1) is 10.3. The maximum atomic E-state index is 13.2. The molecule has 0 unspecified atom stereocenters. The van der Waals surface area contributed by atoms with E-state index < -0.39 is 0 Å². The zero-order chi connectivity index (χ0) is 11.8. The van der Waals surface area contributed by atoms with Crippen LogP contribution in [0.15, 0.2) is 24.3 Å². The van der Waals surface area contributed by atoms with E-state index in [1.807, 2.05) is 17.7 Å². The molecule has 3 nitrogen and oxygen atoms in total. The maximum Gasteiger partial charge on any atom is 0.125 e. The van der Waals surface area contributed by atoms with E-state index in [1.165, 1.54) is 12.1 Å². The Bertz CT molecular complexity index is 560. The summed E-state index contributed by atoms with van der Waals surface area (Å²) in [6.45, 7) is 2.97. The average Bonchev–Trinajstić information content (AvgIpc) is 2.68. The van der Waals surface area contributed by atoms with Gasteiger partial charge < -0.3 is 5.32 Å². The van der Waals surface area contributed by atoms with Crippen LogP contribution in [0, 0.1) is 12.7 Å². The van der Waals surface area contributed by atoms with Gasteiger partial charge in [-0.15, -0.1) is 0 Å². The summed E-state index contributed by atoms with van der Waals surface area (Å²) in [7, 11) is 0. The molecule has 0 radical (unpaired) electrons. The highest BCUT2D eigenvalue weighted by Crippen LogP contribution is 2.27. The van der Waals surface area contributed by atoms with E-state index >= 15 is 0 Å². The van der Waals surface area contributed by atoms with E-state index in [9.17, 15) is 4.39 Å². The van der Waals surface area contributed by atoms with Gasteiger partial charge in [-0.3, -0.25) is 0 Å². The second-order valence-corrected chi connectivity index (χ2v) is 4.33. The van der Waals surface area contributed by atoms with Crippen molar-refractivity contribution in [3.63, 3.8) is 0 Å². The minimum Gasteiger partial charge on any atom is -0.382 e. The average molecular weight is 231 g/mol. The van der Waals surface area contributed by atoms with Crippen LogP contribution in [0.4, 0.5) is 10.1 Å². The summed E-state index contributed by atoms with van der Waals surface area (Å²) in [6, 6.07) is 6.56. The van der Waals surface area contributed by atoms with Gasteiger partial charge in [0.15, 0.2) is 0 Å². The van der Waals surface area contributed by atoms with Crippen molar-refractivity contribution >= 4 is 5.69 Å². The fourth-order valence-corrected chi connectivity index (χ4v) is 2.33. The van der Waals surface area contributed by atoms with Crippen LogP contribution in [0.5, 0.6) is 0 Å². The third-order valence-corrected chi connectivity index (χ3v) is 3.10. The number of hydrogen-bond acceptors (Lipinski definition) is 2. The van der Waals surface area contributed by atoms with Crippen molar-refractivity contribution < 1.29 is 4.39 Å². The molecule has 0 spiro atoms. The molecular formula is C13H14FN3. The number of nitrogens with zero attached hydrogens (tertiary/aromatic N) is 2. The van der Waals surface area contributed by atoms with Gasteiger partial charge in [0.1, 0.15) is 5.82 Å². The molecule has 0 bridgehead atoms. The molecule has 88 valence electrons. The molecule has 0 saturated heterocycles. The van der Waals surface area contributed by atoms with Crippen LogP contribution in [0.1, 0.15) is 17.8 Å². The fraction of sp³-hybridized carbons (Fsp3) is 0.308. The molecule has 0 amide bonds. The topological polar surface area (TPSA) is 29.9 Å². The quantitative estimate of drug-likeness (QED) is 0.817. The lowest BCUT2D eigenvalue weighted by molar-refractivity contribution is 0.624. The summed E-state index contributed by atoms with van der Waals surface area (Å²) in [5.74, 6) is -0.229. The van der Waals surface area contributed by atoms with Gasteiger partial charge in [0.2, 0.25) is 0 Å². The lowest BCUT2D eigenvalue weighted by atomic mass is 10.1. The smallest absolute Gasteiger partial charge is 0.125 e. The Labute approximate surface area is 99.3 Å². The standard InChI is InChI=1S/C13H14FN3/c1-9-13-12(6-3-7-15-13)17(16-9)11-5-2-4-10(14)8-11/h2,4-5,8,15H,3,6-7H2,1H3. The number of anilines is 1. The number of benzene rings is 1. The van der Waals surface area contributed by atoms with E-state index in [2.05, 4.69) is 10.4 Å². The van der Waals surface area contributed by atoms with Crippen molar-refractivity contribution in [1.82, 2.24) is 9.78 Å². The largest absolute Gasteiger partial charge is 0.382 e. The third-order valence-electron chi connectivity index (χ3n) is 3.10. The lowest BCUT2D eigenvalue weighted by Gasteiger charge is -2.16. The number of rotatable bonds is 1. The van der Waals surface area contributed by atoms with Gasteiger partial charge in [-0.05, 0) is 38.0 Å². The van der Waals surface area contributed by atoms with Gasteiger partial charge in [0, 0.05) is 6.54 Å². The Morgan fingerprint density at radius 3 is 3.12 bits per heavy atom. The molecule has 0 saturated carbocycles. The van der Waals surface area contributed by atoms with Crippen LogP contribution < -0.4 is 5.32 Å². The highest BCUT2D eigenvalue weighted by atomic mass is 19.1. The van der Waals surface area contributed by atoms with Gasteiger partial charge in [-0.25, -0.2) is 9.07 Å². The summed E-state index contributed by atoms with van der Waals surface area (Å²) >= 11 is 0. The summed E-state index contributed by atoms with van der Waals surface area (Å²) < 4.78 is 15.1. The van der Waals surface area contributed by atoms with Crippen LogP contribution in [-0.4, -0.2) is 16.3 Å². The number of fused-ring (bicyclic) bond motifs is 1. The van der Waals surface area contributed by atoms with Crippen molar-refractivity contribution in [2.45, 2.75) is 19.8 Å². The highest BCUT2D eigenvalue weighted by molar-refractivity contribution is 5.56. The Balaban J connectivity index is 2.15. The number of aromatic nitrogens is 2. The van der Waals surface area contributed by atoms with Gasteiger partial charge in [-0.2, -0.15) is 5.10 Å². The van der Waals surface area contributed by atoms with Crippen molar-refractivity contribution in [2.24, 2.45) is 0 Å². The number of aryl methyl sites for hydroxylation is 1. The Morgan fingerprint density at radius 2 is 2.29 bits per heavy atom. The summed E-state index contributed by atoms with van der Waals surface area (Å²) in [5.41, 5.74) is 4.03. The van der Waals surface area contributed by atoms with Crippen molar-refractivity contribution in [3.8, 4) is 5.69 Å². The molecule has 1 N–H and O–H groups in total. The number of nitrogens with one attached hydrogen (secondary N) is 1. The predicted octanol–water partition coefficient (Wildman–Crippen LogP) is 2.68. The Hall–Kier alpha value is -1.84. The molecule has 0 aliphatic carbocycles. The minimum absolute atomic E-state index is 0.229. The van der Waals surface area contributed by atoms with Crippen LogP contribution in [-0.2, 0) is 6.42 Å². The first-order valence-electron chi connectivity index (χ1n) is 5.84. The van der Waals surface area contributed by atoms with Crippen molar-refractivity contribution in [2.75, 3.05) is 11.9 Å². The lowest BCUT2D eigenvalue weighted by Crippen LogP contribution is -2.13. The first-order valence-corrected chi connectivity index (χ1v) is 5.84. The molecule has 1 aromatic heterocycles. The van der Waals surface area contributed by atoms with Gasteiger partial charge in [0.05, 0.1) is 22.8 Å². The molecule has 1 aliphatic heterocycles. The number of halogens is 1. The molecule has 3 rings (SSSR count). The second kappa shape index (κ2) is 3.87. The molecule has 0 fully saturated rings. The van der Waals surface area contributed by atoms with Crippen LogP contribution in [0.2, 0.25) is 0 Å². The molecule has 4 heteroatoms. The molecule has 17 heavy (non-hydrogen) atoms. The molecule has 2 aromatic rings. The summed E-state index contributed by atoms with van der Waals surface area (Å²) in [6.07, 6.45) is 2.08. The zero-order valence-electron chi connectivity index (χ0n) is 9.70. The van der Waals surface area contributed by atoms with Crippen molar-refractivity contribution in [1.29, 1.82) is 0 Å². The normalized spacial score (nSPS) is 14.2. The minimum atomic E-state index is -0.229. The molecule has 1 aliphatic rings. The summed E-state index contributed by atoms with van der Waals surface area (Å²) in [4.78, 5) is 0. The zero-order valence-corrected chi connectivity index (χ0v) is 9.70.